The average Bonchev–Trinajstić information content (AvgIpc) is 3.28. The largest absolute Gasteiger partial charge is 0.479 e. The van der Waals surface area contributed by atoms with Crippen molar-refractivity contribution in [3.8, 4) is 0 Å². The predicted octanol–water partition coefficient (Wildman–Crippen LogP) is 1.23. The molecule has 21 nitrogen and oxygen atoms in total. The van der Waals surface area contributed by atoms with Crippen molar-refractivity contribution in [2.24, 2.45) is 0 Å². The summed E-state index contributed by atoms with van der Waals surface area (Å²) in [6.45, 7) is 2.71. The monoisotopic (exact) mass is 971 g/mol. The molecule has 3 aliphatic heterocycles. The first-order valence-corrected chi connectivity index (χ1v) is 24.5. The molecule has 3 fully saturated rings. The van der Waals surface area contributed by atoms with Crippen molar-refractivity contribution in [1.29, 1.82) is 0 Å². The summed E-state index contributed by atoms with van der Waals surface area (Å²) in [6, 6.07) is 0. The highest BCUT2D eigenvalue weighted by Gasteiger charge is 2.53. The summed E-state index contributed by atoms with van der Waals surface area (Å²) in [6.07, 6.45) is -7.66. The molecule has 392 valence electrons. The molecule has 17 atom stereocenters. The molecule has 67 heavy (non-hydrogen) atoms. The Bertz CT molecular complexity index is 1370. The second-order valence-corrected chi connectivity index (χ2v) is 18.2. The molecule has 3 rings (SSSR count). The molecular formula is C46H82O21. The van der Waals surface area contributed by atoms with Crippen LogP contribution in [-0.2, 0) is 52.3 Å². The van der Waals surface area contributed by atoms with Gasteiger partial charge >= 0.3 is 17.9 Å². The summed E-state index contributed by atoms with van der Waals surface area (Å²) in [5.41, 5.74) is 0. The first kappa shape index (κ1) is 59.1. The van der Waals surface area contributed by atoms with Crippen LogP contribution in [0.2, 0.25) is 0 Å². The second-order valence-electron chi connectivity index (χ2n) is 18.2. The molecule has 0 aromatic heterocycles. The Morgan fingerprint density at radius 1 is 0.567 bits per heavy atom. The Kier molecular flexibility index (Phi) is 28.2. The van der Waals surface area contributed by atoms with Gasteiger partial charge in [-0.1, -0.05) is 96.8 Å². The summed E-state index contributed by atoms with van der Waals surface area (Å²) in [7, 11) is 0. The zero-order valence-corrected chi connectivity index (χ0v) is 39.5. The van der Waals surface area contributed by atoms with E-state index in [1.54, 1.807) is 0 Å². The van der Waals surface area contributed by atoms with Crippen molar-refractivity contribution >= 4 is 17.9 Å². The first-order chi connectivity index (χ1) is 32.0. The number of carboxylic acids is 1. The number of aliphatic carboxylic acids is 1. The van der Waals surface area contributed by atoms with Crippen LogP contribution in [0.4, 0.5) is 0 Å². The molecule has 0 saturated carbocycles. The number of carbonyl (C=O) groups excluding carboxylic acids is 2. The molecule has 3 saturated heterocycles. The van der Waals surface area contributed by atoms with E-state index in [4.69, 9.17) is 43.0 Å². The number of ether oxygens (including phenoxy) is 8. The predicted molar refractivity (Wildman–Crippen MR) is 235 cm³/mol. The molecule has 0 aliphatic carbocycles. The van der Waals surface area contributed by atoms with Crippen LogP contribution in [0.25, 0.3) is 0 Å². The van der Waals surface area contributed by atoms with Gasteiger partial charge in [0.15, 0.2) is 37.2 Å². The highest BCUT2D eigenvalue weighted by Crippen LogP contribution is 2.33. The van der Waals surface area contributed by atoms with Crippen LogP contribution in [-0.4, -0.2) is 193 Å². The zero-order chi connectivity index (χ0) is 49.5. The molecule has 3 heterocycles. The third-order valence-electron chi connectivity index (χ3n) is 12.6. The molecule has 0 aromatic rings. The summed E-state index contributed by atoms with van der Waals surface area (Å²) >= 11 is 0. The average molecular weight is 971 g/mol. The molecule has 0 amide bonds. The minimum absolute atomic E-state index is 0.275. The second kappa shape index (κ2) is 31.9. The Hall–Kier alpha value is -2.19. The molecular weight excluding hydrogens is 888 g/mol. The van der Waals surface area contributed by atoms with Gasteiger partial charge in [-0.3, -0.25) is 9.59 Å². The van der Waals surface area contributed by atoms with Gasteiger partial charge in [-0.2, -0.15) is 0 Å². The van der Waals surface area contributed by atoms with Crippen molar-refractivity contribution in [2.45, 2.75) is 254 Å². The lowest BCUT2D eigenvalue weighted by Crippen LogP contribution is -2.65. The van der Waals surface area contributed by atoms with Crippen molar-refractivity contribution < 1.29 is 103 Å². The molecule has 0 aromatic carbocycles. The van der Waals surface area contributed by atoms with Crippen LogP contribution >= 0.6 is 0 Å². The number of rotatable bonds is 33. The normalized spacial score (nSPS) is 32.0. The van der Waals surface area contributed by atoms with Gasteiger partial charge in [-0.05, 0) is 38.5 Å². The number of unbranched alkanes of at least 4 members (excludes halogenated alkanes) is 12. The smallest absolute Gasteiger partial charge is 0.332 e. The number of aliphatic hydroxyl groups is 9. The van der Waals surface area contributed by atoms with Gasteiger partial charge in [-0.25, -0.2) is 4.79 Å². The highest BCUT2D eigenvalue weighted by atomic mass is 16.8. The van der Waals surface area contributed by atoms with Crippen LogP contribution in [0.3, 0.4) is 0 Å². The van der Waals surface area contributed by atoms with Crippen LogP contribution in [0.5, 0.6) is 0 Å². The first-order valence-electron chi connectivity index (χ1n) is 24.5. The molecule has 21 heteroatoms. The fraction of sp³-hybridized carbons (Fsp3) is 0.935. The molecule has 10 N–H and O–H groups in total. The lowest BCUT2D eigenvalue weighted by molar-refractivity contribution is -0.380. The maximum Gasteiger partial charge on any atom is 0.332 e. The zero-order valence-electron chi connectivity index (χ0n) is 39.5. The lowest BCUT2D eigenvalue weighted by Gasteiger charge is -2.47. The van der Waals surface area contributed by atoms with Gasteiger partial charge in [0.25, 0.3) is 0 Å². The van der Waals surface area contributed by atoms with Gasteiger partial charge in [0, 0.05) is 13.8 Å². The molecule has 0 bridgehead atoms. The summed E-state index contributed by atoms with van der Waals surface area (Å²) in [4.78, 5) is 34.3. The number of aliphatic hydroxyl groups excluding tert-OH is 9. The summed E-state index contributed by atoms with van der Waals surface area (Å²) in [5, 5.41) is 104. The van der Waals surface area contributed by atoms with Gasteiger partial charge in [0.2, 0.25) is 0 Å². The van der Waals surface area contributed by atoms with Gasteiger partial charge < -0.3 is 89.0 Å². The molecule has 0 radical (unpaired) electrons. The van der Waals surface area contributed by atoms with Crippen molar-refractivity contribution in [3.63, 3.8) is 0 Å². The third-order valence-corrected chi connectivity index (χ3v) is 12.6. The fourth-order valence-corrected chi connectivity index (χ4v) is 8.60. The number of esters is 2. The van der Waals surface area contributed by atoms with E-state index in [1.165, 1.54) is 0 Å². The minimum atomic E-state index is -1.89. The van der Waals surface area contributed by atoms with Gasteiger partial charge in [-0.15, -0.1) is 0 Å². The SMILES string of the molecule is CCCCC(CCCC(O)C(O)CCCCCCCCCCCCCCC(O)C(=O)O)OC1OCC(OC(C)=O)C(O)C1OC1OCC(O)C(O)C1OC1OC(CO)C(OC(C)=O)C(O)C1O. The Labute approximate surface area is 393 Å². The number of hydrogen-bond acceptors (Lipinski definition) is 20. The van der Waals surface area contributed by atoms with Crippen LogP contribution in [0.15, 0.2) is 0 Å². The number of carboxylic acid groups (broad SMARTS) is 1. The van der Waals surface area contributed by atoms with E-state index in [9.17, 15) is 60.3 Å². The highest BCUT2D eigenvalue weighted by molar-refractivity contribution is 5.71. The maximum atomic E-state index is 12.0. The van der Waals surface area contributed by atoms with Gasteiger partial charge in [0.05, 0.1) is 38.1 Å². The summed E-state index contributed by atoms with van der Waals surface area (Å²) in [5.74, 6) is -2.69. The van der Waals surface area contributed by atoms with E-state index in [0.717, 1.165) is 104 Å². The maximum absolute atomic E-state index is 12.0. The number of hydrogen-bond donors (Lipinski definition) is 10. The van der Waals surface area contributed by atoms with E-state index < -0.39 is 135 Å². The Balaban J connectivity index is 1.52. The van der Waals surface area contributed by atoms with E-state index in [0.29, 0.717) is 38.5 Å². The van der Waals surface area contributed by atoms with Gasteiger partial charge in [0.1, 0.15) is 48.8 Å². The summed E-state index contributed by atoms with van der Waals surface area (Å²) < 4.78 is 46.1. The standard InChI is InChI=1S/C46H82O21/c1-4-5-19-29(20-18-23-31(51)30(50)21-16-14-12-10-8-6-7-9-11-13-15-17-22-32(52)43(58)59)64-45-42(37(55)35(26-61-45)62-27(2)48)67-46-41(36(54)33(53)25-60-46)66-44-39(57)38(56)40(63-28(3)49)34(24-47)65-44/h29-42,44-47,50-57H,4-26H2,1-3H3,(H,58,59). The van der Waals surface area contributed by atoms with Crippen LogP contribution in [0.1, 0.15) is 149 Å². The van der Waals surface area contributed by atoms with Crippen molar-refractivity contribution in [1.82, 2.24) is 0 Å². The molecule has 0 spiro atoms. The van der Waals surface area contributed by atoms with E-state index >= 15 is 0 Å². The van der Waals surface area contributed by atoms with Crippen LogP contribution in [0, 0.1) is 0 Å². The van der Waals surface area contributed by atoms with Crippen LogP contribution < -0.4 is 0 Å². The minimum Gasteiger partial charge on any atom is -0.479 e. The third kappa shape index (κ3) is 20.6. The van der Waals surface area contributed by atoms with E-state index in [1.807, 2.05) is 6.92 Å². The quantitative estimate of drug-likeness (QED) is 0.0327. The lowest BCUT2D eigenvalue weighted by atomic mass is 9.98. The fourth-order valence-electron chi connectivity index (χ4n) is 8.60. The van der Waals surface area contributed by atoms with Crippen molar-refractivity contribution in [3.05, 3.63) is 0 Å². The number of carbonyl (C=O) groups is 3. The van der Waals surface area contributed by atoms with E-state index in [2.05, 4.69) is 0 Å². The molecule has 17 unspecified atom stereocenters. The Morgan fingerprint density at radius 3 is 1.63 bits per heavy atom. The van der Waals surface area contributed by atoms with Crippen molar-refractivity contribution in [2.75, 3.05) is 19.8 Å². The Morgan fingerprint density at radius 2 is 1.07 bits per heavy atom. The van der Waals surface area contributed by atoms with E-state index in [-0.39, 0.29) is 6.61 Å². The topological polar surface area (TPSA) is 327 Å². The molecule has 3 aliphatic rings.